The first-order chi connectivity index (χ1) is 14.1. The minimum absolute atomic E-state index is 0.0256. The molecule has 2 saturated heterocycles. The van der Waals surface area contributed by atoms with Gasteiger partial charge in [0, 0.05) is 24.9 Å². The molecule has 0 spiro atoms. The van der Waals surface area contributed by atoms with Crippen molar-refractivity contribution >= 4 is 17.9 Å². The van der Waals surface area contributed by atoms with Crippen LogP contribution in [0, 0.1) is 0 Å². The van der Waals surface area contributed by atoms with Gasteiger partial charge in [-0.3, -0.25) is 14.6 Å². The Kier molecular flexibility index (Phi) is 5.45. The third-order valence-corrected chi connectivity index (χ3v) is 5.86. The molecule has 1 N–H and O–H groups in total. The summed E-state index contributed by atoms with van der Waals surface area (Å²) < 4.78 is 0. The second-order valence-corrected chi connectivity index (χ2v) is 7.62. The van der Waals surface area contributed by atoms with Crippen LogP contribution in [0.25, 0.3) is 6.08 Å². The Balaban J connectivity index is 1.52. The summed E-state index contributed by atoms with van der Waals surface area (Å²) in [5.74, 6) is -0.139. The monoisotopic (exact) mass is 391 g/mol. The number of benzene rings is 1. The Bertz CT molecular complexity index is 911. The van der Waals surface area contributed by atoms with Crippen molar-refractivity contribution in [3.05, 3.63) is 71.6 Å². The lowest BCUT2D eigenvalue weighted by Crippen LogP contribution is -2.73. The lowest BCUT2D eigenvalue weighted by Gasteiger charge is -2.58. The number of aromatic nitrogens is 1. The van der Waals surface area contributed by atoms with Gasteiger partial charge in [0.05, 0.1) is 31.7 Å². The number of aliphatic hydroxyl groups excluding tert-OH is 1. The Hall–Kier alpha value is -2.99. The van der Waals surface area contributed by atoms with Crippen molar-refractivity contribution in [3.8, 4) is 0 Å². The number of fused-ring (bicyclic) bond motifs is 1. The summed E-state index contributed by atoms with van der Waals surface area (Å²) in [6.07, 6.45) is 7.60. The number of amides is 2. The molecule has 0 aliphatic carbocycles. The highest BCUT2D eigenvalue weighted by molar-refractivity contribution is 5.88. The van der Waals surface area contributed by atoms with E-state index in [2.05, 4.69) is 17.1 Å². The molecule has 3 atom stereocenters. The smallest absolute Gasteiger partial charge is 0.242 e. The highest BCUT2D eigenvalue weighted by atomic mass is 16.3. The number of allylic oxidation sites excluding steroid dienone is 1. The Morgan fingerprint density at radius 2 is 2.07 bits per heavy atom. The Labute approximate surface area is 170 Å². The molecule has 3 heterocycles. The molecule has 1 aromatic carbocycles. The fraction of sp³-hybridized carbons (Fsp3) is 0.348. The van der Waals surface area contributed by atoms with E-state index in [0.717, 1.165) is 16.7 Å². The van der Waals surface area contributed by atoms with Crippen molar-refractivity contribution in [2.24, 2.45) is 0 Å². The van der Waals surface area contributed by atoms with Crippen LogP contribution >= 0.6 is 0 Å². The van der Waals surface area contributed by atoms with Gasteiger partial charge >= 0.3 is 0 Å². The van der Waals surface area contributed by atoms with E-state index in [-0.39, 0.29) is 49.4 Å². The van der Waals surface area contributed by atoms with E-state index < -0.39 is 0 Å². The Morgan fingerprint density at radius 3 is 2.72 bits per heavy atom. The lowest BCUT2D eigenvalue weighted by atomic mass is 9.73. The van der Waals surface area contributed by atoms with E-state index in [9.17, 15) is 14.7 Å². The van der Waals surface area contributed by atoms with Gasteiger partial charge in [-0.25, -0.2) is 0 Å². The molecular formula is C23H25N3O3. The van der Waals surface area contributed by atoms with E-state index in [1.54, 1.807) is 28.3 Å². The predicted molar refractivity (Wildman–Crippen MR) is 110 cm³/mol. The van der Waals surface area contributed by atoms with Gasteiger partial charge < -0.3 is 14.9 Å². The minimum atomic E-state index is -0.226. The van der Waals surface area contributed by atoms with Gasteiger partial charge in [-0.05, 0) is 29.7 Å². The van der Waals surface area contributed by atoms with Crippen LogP contribution < -0.4 is 0 Å². The van der Waals surface area contributed by atoms with Crippen LogP contribution in [-0.4, -0.2) is 63.5 Å². The molecule has 0 unspecified atom stereocenters. The van der Waals surface area contributed by atoms with Crippen LogP contribution in [0.15, 0.2) is 54.9 Å². The zero-order valence-electron chi connectivity index (χ0n) is 16.4. The molecule has 2 fully saturated rings. The van der Waals surface area contributed by atoms with E-state index in [1.165, 1.54) is 0 Å². The van der Waals surface area contributed by atoms with Crippen molar-refractivity contribution in [2.75, 3.05) is 19.7 Å². The zero-order chi connectivity index (χ0) is 20.4. The van der Waals surface area contributed by atoms with Crippen LogP contribution in [0.3, 0.4) is 0 Å². The van der Waals surface area contributed by atoms with Crippen molar-refractivity contribution < 1.29 is 14.7 Å². The van der Waals surface area contributed by atoms with E-state index in [4.69, 9.17) is 0 Å². The van der Waals surface area contributed by atoms with Gasteiger partial charge in [-0.1, -0.05) is 42.5 Å². The van der Waals surface area contributed by atoms with Gasteiger partial charge in [-0.15, -0.1) is 0 Å². The fourth-order valence-corrected chi connectivity index (χ4v) is 4.50. The molecular weight excluding hydrogens is 366 g/mol. The first-order valence-electron chi connectivity index (χ1n) is 9.93. The van der Waals surface area contributed by atoms with E-state index in [0.29, 0.717) is 6.54 Å². The summed E-state index contributed by atoms with van der Waals surface area (Å²) in [7, 11) is 0. The van der Waals surface area contributed by atoms with Gasteiger partial charge in [0.1, 0.15) is 0 Å². The molecule has 6 nitrogen and oxygen atoms in total. The number of aliphatic hydroxyl groups is 1. The number of nitrogens with zero attached hydrogens (tertiary/aromatic N) is 3. The standard InChI is InChI=1S/C23H25N3O3/c1-2-4-16-6-8-18(9-7-16)23-19-13-25(14-22(29)26(19)20(23)15-27)21(28)11-17-5-3-10-24-12-17/h2-10,12,19-20,23,27H,11,13-15H2,1H3/b4-2+/t19-,20-,23+/m1/s1. The van der Waals surface area contributed by atoms with Gasteiger partial charge in [0.25, 0.3) is 0 Å². The summed E-state index contributed by atoms with van der Waals surface area (Å²) in [5.41, 5.74) is 3.04. The van der Waals surface area contributed by atoms with Crippen LogP contribution in [0.4, 0.5) is 0 Å². The maximum Gasteiger partial charge on any atom is 0.242 e. The summed E-state index contributed by atoms with van der Waals surface area (Å²) in [5, 5.41) is 9.89. The number of carbonyl (C=O) groups excluding carboxylic acids is 2. The van der Waals surface area contributed by atoms with Crippen LogP contribution in [0.5, 0.6) is 0 Å². The van der Waals surface area contributed by atoms with E-state index in [1.807, 2.05) is 37.3 Å². The third kappa shape index (κ3) is 3.68. The van der Waals surface area contributed by atoms with Gasteiger partial charge in [0.2, 0.25) is 11.8 Å². The van der Waals surface area contributed by atoms with E-state index >= 15 is 0 Å². The maximum atomic E-state index is 12.8. The summed E-state index contributed by atoms with van der Waals surface area (Å²) in [6.45, 7) is 2.46. The zero-order valence-corrected chi connectivity index (χ0v) is 16.4. The second-order valence-electron chi connectivity index (χ2n) is 7.62. The van der Waals surface area contributed by atoms with Crippen LogP contribution in [-0.2, 0) is 16.0 Å². The van der Waals surface area contributed by atoms with Gasteiger partial charge in [-0.2, -0.15) is 0 Å². The SMILES string of the molecule is C/C=C/c1ccc([C@@H]2[C@@H](CO)N3C(=O)CN(C(=O)Cc4cccnc4)C[C@H]23)cc1. The first kappa shape index (κ1) is 19.3. The number of piperazine rings is 1. The molecule has 4 rings (SSSR count). The molecule has 150 valence electrons. The number of hydrogen-bond donors (Lipinski definition) is 1. The molecule has 2 aliphatic heterocycles. The predicted octanol–water partition coefficient (Wildman–Crippen LogP) is 1.85. The first-order valence-corrected chi connectivity index (χ1v) is 9.93. The van der Waals surface area contributed by atoms with Crippen molar-refractivity contribution in [1.29, 1.82) is 0 Å². The summed E-state index contributed by atoms with van der Waals surface area (Å²) in [6, 6.07) is 11.5. The average molecular weight is 391 g/mol. The molecule has 1 aromatic heterocycles. The largest absolute Gasteiger partial charge is 0.394 e. The summed E-state index contributed by atoms with van der Waals surface area (Å²) in [4.78, 5) is 32.9. The minimum Gasteiger partial charge on any atom is -0.394 e. The number of pyridine rings is 1. The molecule has 29 heavy (non-hydrogen) atoms. The molecule has 2 amide bonds. The molecule has 2 aromatic rings. The highest BCUT2D eigenvalue weighted by Crippen LogP contribution is 2.43. The average Bonchev–Trinajstić information content (AvgIpc) is 2.71. The second kappa shape index (κ2) is 8.17. The highest BCUT2D eigenvalue weighted by Gasteiger charge is 2.54. The van der Waals surface area contributed by atoms with Crippen LogP contribution in [0.1, 0.15) is 29.5 Å². The molecule has 0 radical (unpaired) electrons. The third-order valence-electron chi connectivity index (χ3n) is 5.86. The molecule has 6 heteroatoms. The van der Waals surface area contributed by atoms with Crippen molar-refractivity contribution in [3.63, 3.8) is 0 Å². The van der Waals surface area contributed by atoms with Crippen molar-refractivity contribution in [1.82, 2.24) is 14.8 Å². The quantitative estimate of drug-likeness (QED) is 0.844. The summed E-state index contributed by atoms with van der Waals surface area (Å²) >= 11 is 0. The normalized spacial score (nSPS) is 23.8. The Morgan fingerprint density at radius 1 is 1.28 bits per heavy atom. The molecule has 2 aliphatic rings. The lowest BCUT2D eigenvalue weighted by molar-refractivity contribution is -0.166. The number of hydrogen-bond acceptors (Lipinski definition) is 4. The number of rotatable bonds is 5. The number of carbonyl (C=O) groups is 2. The maximum absolute atomic E-state index is 12.8. The van der Waals surface area contributed by atoms with Crippen molar-refractivity contribution in [2.45, 2.75) is 31.3 Å². The van der Waals surface area contributed by atoms with Crippen LogP contribution in [0.2, 0.25) is 0 Å². The molecule has 0 bridgehead atoms. The van der Waals surface area contributed by atoms with Gasteiger partial charge in [0.15, 0.2) is 0 Å². The molecule has 0 saturated carbocycles. The topological polar surface area (TPSA) is 73.7 Å². The fourth-order valence-electron chi connectivity index (χ4n) is 4.50.